The van der Waals surface area contributed by atoms with Crippen molar-refractivity contribution in [2.45, 2.75) is 25.4 Å². The molecule has 3 heterocycles. The van der Waals surface area contributed by atoms with Gasteiger partial charge in [-0.1, -0.05) is 6.07 Å². The number of amides is 1. The number of rotatable bonds is 2. The minimum atomic E-state index is -0.0903. The number of ether oxygens (including phenoxy) is 3. The van der Waals surface area contributed by atoms with Gasteiger partial charge < -0.3 is 19.5 Å². The zero-order chi connectivity index (χ0) is 18.5. The van der Waals surface area contributed by atoms with Crippen molar-refractivity contribution in [3.63, 3.8) is 0 Å². The Morgan fingerprint density at radius 1 is 1.19 bits per heavy atom. The molecule has 27 heavy (non-hydrogen) atoms. The van der Waals surface area contributed by atoms with Crippen molar-refractivity contribution in [2.24, 2.45) is 0 Å². The fraction of sp³-hybridized carbons (Fsp3) is 0.381. The molecule has 5 rings (SSSR count). The SMILES string of the molecule is COc1ccc2c(c1OC)CN1CCc3cc4c(cc3C1C2)OCC(=O)N4. The third-order valence-corrected chi connectivity index (χ3v) is 5.86. The van der Waals surface area contributed by atoms with Crippen LogP contribution in [0.3, 0.4) is 0 Å². The van der Waals surface area contributed by atoms with E-state index in [-0.39, 0.29) is 12.5 Å². The molecule has 3 aliphatic rings. The highest BCUT2D eigenvalue weighted by atomic mass is 16.5. The van der Waals surface area contributed by atoms with Gasteiger partial charge in [0, 0.05) is 24.7 Å². The average Bonchev–Trinajstić information content (AvgIpc) is 2.69. The van der Waals surface area contributed by atoms with E-state index >= 15 is 0 Å². The molecule has 0 fully saturated rings. The largest absolute Gasteiger partial charge is 0.493 e. The monoisotopic (exact) mass is 366 g/mol. The molecule has 1 unspecified atom stereocenters. The second-order valence-corrected chi connectivity index (χ2v) is 7.26. The number of carbonyl (C=O) groups excluding carboxylic acids is 1. The molecule has 0 saturated carbocycles. The molecular weight excluding hydrogens is 344 g/mol. The zero-order valence-electron chi connectivity index (χ0n) is 15.5. The minimum absolute atomic E-state index is 0.0833. The summed E-state index contributed by atoms with van der Waals surface area (Å²) in [6.07, 6.45) is 1.88. The van der Waals surface area contributed by atoms with E-state index in [9.17, 15) is 4.79 Å². The van der Waals surface area contributed by atoms with Gasteiger partial charge in [-0.25, -0.2) is 0 Å². The molecule has 6 heteroatoms. The Labute approximate surface area is 158 Å². The maximum Gasteiger partial charge on any atom is 0.262 e. The van der Waals surface area contributed by atoms with Crippen molar-refractivity contribution in [1.29, 1.82) is 0 Å². The number of nitrogens with zero attached hydrogens (tertiary/aromatic N) is 1. The Morgan fingerprint density at radius 3 is 2.89 bits per heavy atom. The van der Waals surface area contributed by atoms with E-state index in [0.29, 0.717) is 6.04 Å². The highest BCUT2D eigenvalue weighted by molar-refractivity contribution is 5.95. The molecular formula is C21H22N2O4. The summed E-state index contributed by atoms with van der Waals surface area (Å²) >= 11 is 0. The first-order chi connectivity index (χ1) is 13.2. The third kappa shape index (κ3) is 2.55. The summed E-state index contributed by atoms with van der Waals surface area (Å²) in [5.74, 6) is 2.31. The second-order valence-electron chi connectivity index (χ2n) is 7.26. The molecule has 6 nitrogen and oxygen atoms in total. The summed E-state index contributed by atoms with van der Waals surface area (Å²) in [6.45, 7) is 1.90. The first-order valence-corrected chi connectivity index (χ1v) is 9.24. The molecule has 0 bridgehead atoms. The maximum absolute atomic E-state index is 11.6. The zero-order valence-corrected chi connectivity index (χ0v) is 15.5. The molecule has 2 aromatic rings. The van der Waals surface area contributed by atoms with Crippen molar-refractivity contribution in [3.8, 4) is 17.2 Å². The second kappa shape index (κ2) is 6.16. The quantitative estimate of drug-likeness (QED) is 0.886. The molecule has 1 atom stereocenters. The summed E-state index contributed by atoms with van der Waals surface area (Å²) in [5, 5.41) is 2.92. The van der Waals surface area contributed by atoms with Crippen LogP contribution in [-0.2, 0) is 24.2 Å². The van der Waals surface area contributed by atoms with Crippen molar-refractivity contribution >= 4 is 11.6 Å². The van der Waals surface area contributed by atoms with E-state index in [2.05, 4.69) is 28.4 Å². The normalized spacial score (nSPS) is 20.4. The van der Waals surface area contributed by atoms with Gasteiger partial charge in [-0.05, 0) is 47.7 Å². The lowest BCUT2D eigenvalue weighted by atomic mass is 9.83. The lowest BCUT2D eigenvalue weighted by Gasteiger charge is -2.42. The lowest BCUT2D eigenvalue weighted by molar-refractivity contribution is -0.118. The summed E-state index contributed by atoms with van der Waals surface area (Å²) < 4.78 is 16.8. The summed E-state index contributed by atoms with van der Waals surface area (Å²) in [6, 6.07) is 8.65. The van der Waals surface area contributed by atoms with Crippen LogP contribution in [0.1, 0.15) is 28.3 Å². The van der Waals surface area contributed by atoms with Gasteiger partial charge in [0.1, 0.15) is 5.75 Å². The van der Waals surface area contributed by atoms with Crippen LogP contribution in [0.4, 0.5) is 5.69 Å². The highest BCUT2D eigenvalue weighted by Gasteiger charge is 2.35. The van der Waals surface area contributed by atoms with Gasteiger partial charge in [0.25, 0.3) is 5.91 Å². The first kappa shape index (κ1) is 16.4. The Kier molecular flexibility index (Phi) is 3.75. The molecule has 0 saturated heterocycles. The van der Waals surface area contributed by atoms with E-state index in [1.54, 1.807) is 14.2 Å². The average molecular weight is 366 g/mol. The molecule has 1 N–H and O–H groups in total. The van der Waals surface area contributed by atoms with Crippen LogP contribution >= 0.6 is 0 Å². The van der Waals surface area contributed by atoms with E-state index in [1.165, 1.54) is 22.3 Å². The van der Waals surface area contributed by atoms with Crippen LogP contribution in [0.5, 0.6) is 17.2 Å². The van der Waals surface area contributed by atoms with Gasteiger partial charge in [0.05, 0.1) is 19.9 Å². The van der Waals surface area contributed by atoms with Crippen molar-refractivity contribution in [1.82, 2.24) is 4.90 Å². The number of nitrogens with one attached hydrogen (secondary N) is 1. The van der Waals surface area contributed by atoms with E-state index < -0.39 is 0 Å². The van der Waals surface area contributed by atoms with Crippen LogP contribution in [0.15, 0.2) is 24.3 Å². The van der Waals surface area contributed by atoms with Crippen LogP contribution in [0.2, 0.25) is 0 Å². The fourth-order valence-electron chi connectivity index (χ4n) is 4.57. The van der Waals surface area contributed by atoms with Crippen LogP contribution < -0.4 is 19.5 Å². The Bertz CT molecular complexity index is 940. The number of benzene rings is 2. The molecule has 0 radical (unpaired) electrons. The number of fused-ring (bicyclic) bond motifs is 5. The Hall–Kier alpha value is -2.73. The molecule has 2 aromatic carbocycles. The van der Waals surface area contributed by atoms with Crippen LogP contribution in [0.25, 0.3) is 0 Å². The standard InChI is InChI=1S/C21H22N2O4/c1-25-18-4-3-12-8-17-14-9-19-16(22-20(24)11-27-19)7-13(14)5-6-23(17)10-15(12)21(18)26-2/h3-4,7,9,17H,5-6,8,10-11H2,1-2H3,(H,22,24). The molecule has 3 aliphatic heterocycles. The van der Waals surface area contributed by atoms with Crippen LogP contribution in [-0.4, -0.2) is 38.2 Å². The summed E-state index contributed by atoms with van der Waals surface area (Å²) in [7, 11) is 3.38. The van der Waals surface area contributed by atoms with Gasteiger partial charge in [-0.3, -0.25) is 9.69 Å². The first-order valence-electron chi connectivity index (χ1n) is 9.24. The van der Waals surface area contributed by atoms with Gasteiger partial charge >= 0.3 is 0 Å². The summed E-state index contributed by atoms with van der Waals surface area (Å²) in [5.41, 5.74) is 5.91. The van der Waals surface area contributed by atoms with Crippen molar-refractivity contribution in [3.05, 3.63) is 46.5 Å². The topological polar surface area (TPSA) is 60.0 Å². The van der Waals surface area contributed by atoms with Gasteiger partial charge in [-0.15, -0.1) is 0 Å². The van der Waals surface area contributed by atoms with E-state index in [4.69, 9.17) is 14.2 Å². The van der Waals surface area contributed by atoms with Gasteiger partial charge in [0.2, 0.25) is 0 Å². The lowest BCUT2D eigenvalue weighted by Crippen LogP contribution is -2.39. The van der Waals surface area contributed by atoms with Crippen LogP contribution in [0, 0.1) is 0 Å². The van der Waals surface area contributed by atoms with E-state index in [0.717, 1.165) is 48.9 Å². The Morgan fingerprint density at radius 2 is 2.07 bits per heavy atom. The number of hydrogen-bond acceptors (Lipinski definition) is 5. The molecule has 0 aromatic heterocycles. The van der Waals surface area contributed by atoms with Gasteiger partial charge in [0.15, 0.2) is 18.1 Å². The summed E-state index contributed by atoms with van der Waals surface area (Å²) in [4.78, 5) is 14.1. The number of methoxy groups -OCH3 is 2. The van der Waals surface area contributed by atoms with Crippen molar-refractivity contribution in [2.75, 3.05) is 32.7 Å². The number of carbonyl (C=O) groups is 1. The minimum Gasteiger partial charge on any atom is -0.493 e. The Balaban J connectivity index is 1.55. The highest BCUT2D eigenvalue weighted by Crippen LogP contribution is 2.45. The molecule has 0 spiro atoms. The number of anilines is 1. The maximum atomic E-state index is 11.6. The smallest absolute Gasteiger partial charge is 0.262 e. The fourth-order valence-corrected chi connectivity index (χ4v) is 4.57. The predicted molar refractivity (Wildman–Crippen MR) is 101 cm³/mol. The van der Waals surface area contributed by atoms with E-state index in [1.807, 2.05) is 6.07 Å². The van der Waals surface area contributed by atoms with Crippen molar-refractivity contribution < 1.29 is 19.0 Å². The molecule has 0 aliphatic carbocycles. The predicted octanol–water partition coefficient (Wildman–Crippen LogP) is 2.69. The molecule has 1 amide bonds. The molecule has 140 valence electrons. The number of hydrogen-bond donors (Lipinski definition) is 1. The third-order valence-electron chi connectivity index (χ3n) is 5.86. The van der Waals surface area contributed by atoms with Gasteiger partial charge in [-0.2, -0.15) is 0 Å².